The summed E-state index contributed by atoms with van der Waals surface area (Å²) >= 11 is 0. The van der Waals surface area contributed by atoms with Gasteiger partial charge < -0.3 is 15.2 Å². The van der Waals surface area contributed by atoms with Gasteiger partial charge in [0.05, 0.1) is 6.10 Å². The van der Waals surface area contributed by atoms with Gasteiger partial charge in [-0.1, -0.05) is 6.92 Å². The zero-order valence-corrected chi connectivity index (χ0v) is 9.37. The molecule has 0 spiro atoms. The van der Waals surface area contributed by atoms with E-state index in [-0.39, 0.29) is 12.1 Å². The summed E-state index contributed by atoms with van der Waals surface area (Å²) in [6.07, 6.45) is 4.72. The molecule has 3 unspecified atom stereocenters. The standard InChI is InChI=1S/C11H23NO2/c1-9-4-5-10(12)11(8-9)14-7-3-6-13-2/h9-11H,3-8,12H2,1-2H3. The lowest BCUT2D eigenvalue weighted by molar-refractivity contribution is -0.00520. The van der Waals surface area contributed by atoms with E-state index in [0.717, 1.165) is 38.4 Å². The Hall–Kier alpha value is -0.120. The van der Waals surface area contributed by atoms with Gasteiger partial charge in [-0.05, 0) is 31.6 Å². The third-order valence-electron chi connectivity index (χ3n) is 2.93. The van der Waals surface area contributed by atoms with E-state index in [1.54, 1.807) is 7.11 Å². The van der Waals surface area contributed by atoms with Gasteiger partial charge in [0.1, 0.15) is 0 Å². The normalized spacial score (nSPS) is 33.2. The van der Waals surface area contributed by atoms with Crippen LogP contribution in [-0.4, -0.2) is 32.5 Å². The first-order chi connectivity index (χ1) is 6.74. The molecule has 1 fully saturated rings. The van der Waals surface area contributed by atoms with E-state index in [1.807, 2.05) is 0 Å². The number of rotatable bonds is 5. The zero-order valence-electron chi connectivity index (χ0n) is 9.37. The van der Waals surface area contributed by atoms with Crippen molar-refractivity contribution in [1.82, 2.24) is 0 Å². The Morgan fingerprint density at radius 1 is 1.29 bits per heavy atom. The van der Waals surface area contributed by atoms with Crippen molar-refractivity contribution in [2.75, 3.05) is 20.3 Å². The highest BCUT2D eigenvalue weighted by molar-refractivity contribution is 4.81. The molecule has 0 bridgehead atoms. The summed E-state index contributed by atoms with van der Waals surface area (Å²) in [6.45, 7) is 3.83. The minimum atomic E-state index is 0.244. The molecule has 84 valence electrons. The van der Waals surface area contributed by atoms with Crippen molar-refractivity contribution < 1.29 is 9.47 Å². The van der Waals surface area contributed by atoms with Gasteiger partial charge in [0.15, 0.2) is 0 Å². The third-order valence-corrected chi connectivity index (χ3v) is 2.93. The molecule has 0 aromatic rings. The molecule has 3 atom stereocenters. The van der Waals surface area contributed by atoms with Gasteiger partial charge in [-0.3, -0.25) is 0 Å². The second-order valence-electron chi connectivity index (χ2n) is 4.34. The molecule has 0 aromatic heterocycles. The van der Waals surface area contributed by atoms with Gasteiger partial charge in [0.25, 0.3) is 0 Å². The summed E-state index contributed by atoms with van der Waals surface area (Å²) in [6, 6.07) is 0.244. The summed E-state index contributed by atoms with van der Waals surface area (Å²) in [4.78, 5) is 0. The Morgan fingerprint density at radius 3 is 2.79 bits per heavy atom. The molecule has 1 aliphatic rings. The molecule has 0 aromatic carbocycles. The van der Waals surface area contributed by atoms with Crippen LogP contribution in [0.25, 0.3) is 0 Å². The Morgan fingerprint density at radius 2 is 2.07 bits per heavy atom. The maximum atomic E-state index is 6.00. The van der Waals surface area contributed by atoms with Crippen LogP contribution in [0.3, 0.4) is 0 Å². The van der Waals surface area contributed by atoms with E-state index in [2.05, 4.69) is 6.92 Å². The fraction of sp³-hybridized carbons (Fsp3) is 1.00. The second kappa shape index (κ2) is 6.38. The van der Waals surface area contributed by atoms with Crippen LogP contribution >= 0.6 is 0 Å². The van der Waals surface area contributed by atoms with Crippen molar-refractivity contribution in [1.29, 1.82) is 0 Å². The summed E-state index contributed by atoms with van der Waals surface area (Å²) in [5.41, 5.74) is 6.00. The smallest absolute Gasteiger partial charge is 0.0728 e. The molecule has 2 N–H and O–H groups in total. The minimum absolute atomic E-state index is 0.244. The molecule has 3 heteroatoms. The van der Waals surface area contributed by atoms with Crippen LogP contribution in [0, 0.1) is 5.92 Å². The van der Waals surface area contributed by atoms with Gasteiger partial charge in [-0.2, -0.15) is 0 Å². The lowest BCUT2D eigenvalue weighted by Crippen LogP contribution is -2.41. The number of ether oxygens (including phenoxy) is 2. The molecule has 0 heterocycles. The third kappa shape index (κ3) is 3.95. The molecule has 0 radical (unpaired) electrons. The highest BCUT2D eigenvalue weighted by atomic mass is 16.5. The Labute approximate surface area is 86.9 Å². The Kier molecular flexibility index (Phi) is 5.45. The predicted molar refractivity (Wildman–Crippen MR) is 57.2 cm³/mol. The number of hydrogen-bond acceptors (Lipinski definition) is 3. The SMILES string of the molecule is COCCCOC1CC(C)CCC1N. The highest BCUT2D eigenvalue weighted by Gasteiger charge is 2.26. The van der Waals surface area contributed by atoms with Gasteiger partial charge >= 0.3 is 0 Å². The predicted octanol–water partition coefficient (Wildman–Crippen LogP) is 1.56. The summed E-state index contributed by atoms with van der Waals surface area (Å²) in [5, 5.41) is 0. The molecule has 0 amide bonds. The minimum Gasteiger partial charge on any atom is -0.385 e. The lowest BCUT2D eigenvalue weighted by Gasteiger charge is -2.32. The first-order valence-electron chi connectivity index (χ1n) is 5.60. The topological polar surface area (TPSA) is 44.5 Å². The monoisotopic (exact) mass is 201 g/mol. The lowest BCUT2D eigenvalue weighted by atomic mass is 9.85. The fourth-order valence-corrected chi connectivity index (χ4v) is 1.98. The second-order valence-corrected chi connectivity index (χ2v) is 4.34. The van der Waals surface area contributed by atoms with Gasteiger partial charge in [-0.15, -0.1) is 0 Å². The van der Waals surface area contributed by atoms with Crippen molar-refractivity contribution >= 4 is 0 Å². The van der Waals surface area contributed by atoms with Crippen LogP contribution in [0.15, 0.2) is 0 Å². The van der Waals surface area contributed by atoms with Crippen molar-refractivity contribution in [3.63, 3.8) is 0 Å². The van der Waals surface area contributed by atoms with Crippen LogP contribution < -0.4 is 5.73 Å². The van der Waals surface area contributed by atoms with Gasteiger partial charge in [0, 0.05) is 26.4 Å². The largest absolute Gasteiger partial charge is 0.385 e. The van der Waals surface area contributed by atoms with Gasteiger partial charge in [-0.25, -0.2) is 0 Å². The van der Waals surface area contributed by atoms with Crippen molar-refractivity contribution in [2.45, 2.75) is 44.8 Å². The van der Waals surface area contributed by atoms with Crippen molar-refractivity contribution in [3.8, 4) is 0 Å². The van der Waals surface area contributed by atoms with E-state index in [9.17, 15) is 0 Å². The molecular weight excluding hydrogens is 178 g/mol. The van der Waals surface area contributed by atoms with Crippen molar-refractivity contribution in [3.05, 3.63) is 0 Å². The van der Waals surface area contributed by atoms with Crippen LogP contribution in [0.4, 0.5) is 0 Å². The zero-order chi connectivity index (χ0) is 10.4. The van der Waals surface area contributed by atoms with Crippen LogP contribution in [-0.2, 0) is 9.47 Å². The molecule has 0 saturated heterocycles. The van der Waals surface area contributed by atoms with Gasteiger partial charge in [0.2, 0.25) is 0 Å². The molecule has 3 nitrogen and oxygen atoms in total. The summed E-state index contributed by atoms with van der Waals surface area (Å²) in [5.74, 6) is 0.766. The molecular formula is C11H23NO2. The summed E-state index contributed by atoms with van der Waals surface area (Å²) in [7, 11) is 1.72. The number of methoxy groups -OCH3 is 1. The number of hydrogen-bond donors (Lipinski definition) is 1. The fourth-order valence-electron chi connectivity index (χ4n) is 1.98. The Balaban J connectivity index is 2.14. The van der Waals surface area contributed by atoms with Crippen molar-refractivity contribution in [2.24, 2.45) is 11.7 Å². The average molecular weight is 201 g/mol. The molecule has 1 saturated carbocycles. The summed E-state index contributed by atoms with van der Waals surface area (Å²) < 4.78 is 10.7. The van der Waals surface area contributed by atoms with Crippen LogP contribution in [0.1, 0.15) is 32.6 Å². The maximum Gasteiger partial charge on any atom is 0.0728 e. The molecule has 1 aliphatic carbocycles. The highest BCUT2D eigenvalue weighted by Crippen LogP contribution is 2.25. The number of nitrogens with two attached hydrogens (primary N) is 1. The molecule has 14 heavy (non-hydrogen) atoms. The van der Waals surface area contributed by atoms with E-state index in [1.165, 1.54) is 6.42 Å². The molecule has 1 rings (SSSR count). The van der Waals surface area contributed by atoms with E-state index in [0.29, 0.717) is 0 Å². The van der Waals surface area contributed by atoms with E-state index < -0.39 is 0 Å². The first-order valence-corrected chi connectivity index (χ1v) is 5.60. The first kappa shape index (κ1) is 12.0. The quantitative estimate of drug-likeness (QED) is 0.686. The van der Waals surface area contributed by atoms with E-state index >= 15 is 0 Å². The molecule has 0 aliphatic heterocycles. The van der Waals surface area contributed by atoms with E-state index in [4.69, 9.17) is 15.2 Å². The maximum absolute atomic E-state index is 6.00. The van der Waals surface area contributed by atoms with Crippen LogP contribution in [0.2, 0.25) is 0 Å². The van der Waals surface area contributed by atoms with Crippen LogP contribution in [0.5, 0.6) is 0 Å². The Bertz CT molecular complexity index is 152. The average Bonchev–Trinajstić information content (AvgIpc) is 2.18.